The Hall–Kier alpha value is -1.77. The molecule has 0 radical (unpaired) electrons. The van der Waals surface area contributed by atoms with E-state index >= 15 is 0 Å². The summed E-state index contributed by atoms with van der Waals surface area (Å²) >= 11 is 0. The molecule has 1 heterocycles. The smallest absolute Gasteiger partial charge is 0.265 e. The van der Waals surface area contributed by atoms with Crippen LogP contribution in [0.5, 0.6) is 5.88 Å². The molecule has 32 heavy (non-hydrogen) atoms. The molecule has 1 aromatic heterocycles. The van der Waals surface area contributed by atoms with Crippen molar-refractivity contribution < 1.29 is 23.3 Å². The zero-order chi connectivity index (χ0) is 24.1. The molecule has 2 aliphatic carbocycles. The molecule has 178 valence electrons. The molecule has 0 aromatic carbocycles. The second-order valence-corrected chi connectivity index (χ2v) is 15.8. The Kier molecular flexibility index (Phi) is 6.39. The van der Waals surface area contributed by atoms with Crippen LogP contribution >= 0.6 is 0 Å². The number of rotatable bonds is 7. The van der Waals surface area contributed by atoms with Gasteiger partial charge in [0.1, 0.15) is 5.56 Å². The Labute approximate surface area is 192 Å². The van der Waals surface area contributed by atoms with Crippen LogP contribution in [0.25, 0.3) is 0 Å². The Bertz CT molecular complexity index is 929. The van der Waals surface area contributed by atoms with Crippen molar-refractivity contribution in [3.63, 3.8) is 0 Å². The maximum absolute atomic E-state index is 14.3. The average molecular weight is 463 g/mol. The van der Waals surface area contributed by atoms with E-state index in [9.17, 15) is 9.59 Å². The minimum absolute atomic E-state index is 0.160. The van der Waals surface area contributed by atoms with E-state index in [0.717, 1.165) is 12.8 Å². The molecule has 2 aliphatic rings. The zero-order valence-electron chi connectivity index (χ0n) is 21.0. The van der Waals surface area contributed by atoms with Gasteiger partial charge in [0.05, 0.1) is 12.6 Å². The second-order valence-electron chi connectivity index (χ2n) is 11.1. The summed E-state index contributed by atoms with van der Waals surface area (Å²) in [4.78, 5) is 30.0. The van der Waals surface area contributed by atoms with Crippen LogP contribution in [0.1, 0.15) is 76.0 Å². The largest absolute Gasteiger partial charge is 0.475 e. The molecule has 7 nitrogen and oxygen atoms in total. The van der Waals surface area contributed by atoms with Gasteiger partial charge in [0.25, 0.3) is 5.88 Å². The molecular weight excluding hydrogens is 424 g/mol. The van der Waals surface area contributed by atoms with E-state index in [4.69, 9.17) is 13.7 Å². The summed E-state index contributed by atoms with van der Waals surface area (Å²) in [6.07, 6.45) is 5.65. The molecule has 0 aliphatic heterocycles. The number of carbonyl (C=O) groups excluding carboxylic acids is 2. The number of Topliss-reactive ketones (excluding diaryl/α,β-unsaturated/α-hetero) is 1. The fraction of sp³-hybridized carbons (Fsp3) is 0.708. The lowest BCUT2D eigenvalue weighted by molar-refractivity contribution is -0.146. The van der Waals surface area contributed by atoms with Gasteiger partial charge in [-0.3, -0.25) is 14.5 Å². The van der Waals surface area contributed by atoms with Crippen molar-refractivity contribution in [1.82, 2.24) is 10.1 Å². The highest BCUT2D eigenvalue weighted by Crippen LogP contribution is 2.60. The number of hydrogen-bond donors (Lipinski definition) is 0. The van der Waals surface area contributed by atoms with E-state index in [-0.39, 0.29) is 34.1 Å². The van der Waals surface area contributed by atoms with Gasteiger partial charge in [-0.2, -0.15) is 0 Å². The van der Waals surface area contributed by atoms with Crippen LogP contribution in [0.3, 0.4) is 0 Å². The van der Waals surface area contributed by atoms with E-state index in [1.807, 2.05) is 32.0 Å². The first-order chi connectivity index (χ1) is 14.7. The number of allylic oxidation sites excluding steroid dienone is 1. The fourth-order valence-corrected chi connectivity index (χ4v) is 6.24. The van der Waals surface area contributed by atoms with Crippen LogP contribution < -0.4 is 4.74 Å². The summed E-state index contributed by atoms with van der Waals surface area (Å²) in [5.74, 6) is -0.0845. The average Bonchev–Trinajstić information content (AvgIpc) is 3.06. The minimum atomic E-state index is -2.54. The Morgan fingerprint density at radius 1 is 1.28 bits per heavy atom. The molecule has 0 fully saturated rings. The Morgan fingerprint density at radius 3 is 2.50 bits per heavy atom. The van der Waals surface area contributed by atoms with Crippen molar-refractivity contribution >= 4 is 19.9 Å². The van der Waals surface area contributed by atoms with Gasteiger partial charge in [-0.05, 0) is 56.3 Å². The van der Waals surface area contributed by atoms with Crippen molar-refractivity contribution in [1.29, 1.82) is 0 Å². The second kappa shape index (κ2) is 8.22. The van der Waals surface area contributed by atoms with Gasteiger partial charge in [-0.25, -0.2) is 0 Å². The number of fused-ring (bicyclic) bond motifs is 2. The molecule has 0 amide bonds. The minimum Gasteiger partial charge on any atom is -0.475 e. The lowest BCUT2D eigenvalue weighted by atomic mass is 9.55. The third kappa shape index (κ3) is 3.51. The summed E-state index contributed by atoms with van der Waals surface area (Å²) in [7, 11) is 1.31. The van der Waals surface area contributed by atoms with Crippen molar-refractivity contribution in [3.05, 3.63) is 23.5 Å². The quantitative estimate of drug-likeness (QED) is 0.322. The van der Waals surface area contributed by atoms with Crippen molar-refractivity contribution in [2.75, 3.05) is 20.7 Å². The molecule has 0 N–H and O–H groups in total. The van der Waals surface area contributed by atoms with Crippen LogP contribution in [0, 0.1) is 5.41 Å². The third-order valence-electron chi connectivity index (χ3n) is 7.52. The number of ether oxygens (including phenoxy) is 1. The monoisotopic (exact) mass is 462 g/mol. The number of ketones is 2. The van der Waals surface area contributed by atoms with E-state index < -0.39 is 19.3 Å². The van der Waals surface area contributed by atoms with Gasteiger partial charge in [0.2, 0.25) is 5.78 Å². The predicted molar refractivity (Wildman–Crippen MR) is 126 cm³/mol. The first-order valence-corrected chi connectivity index (χ1v) is 14.4. The van der Waals surface area contributed by atoms with Gasteiger partial charge in [0.15, 0.2) is 25.5 Å². The topological polar surface area (TPSA) is 81.9 Å². The molecule has 1 aromatic rings. The normalized spacial score (nSPS) is 28.1. The standard InChI is InChI=1S/C24H38N2O5Si/c1-10-11-15-29-21-17-18(30-25-21)19(26(6)7)23(5)14-12-13-16(27)24(23,20(17)28)31-32(8,9)22(2,3)4/h12-13,19H,10-11,14-15H2,1-9H3/t19-,23+,24+/m1/s1. The Balaban J connectivity index is 2.28. The number of unbranched alkanes of at least 4 members (excludes halogenated alkanes) is 1. The third-order valence-corrected chi connectivity index (χ3v) is 11.9. The van der Waals surface area contributed by atoms with E-state index in [1.54, 1.807) is 0 Å². The van der Waals surface area contributed by atoms with E-state index in [0.29, 0.717) is 18.8 Å². The molecule has 3 rings (SSSR count). The molecule has 0 spiro atoms. The fourth-order valence-electron chi connectivity index (χ4n) is 4.74. The molecular formula is C24H38N2O5Si. The maximum Gasteiger partial charge on any atom is 0.265 e. The van der Waals surface area contributed by atoms with Gasteiger partial charge < -0.3 is 13.7 Å². The van der Waals surface area contributed by atoms with Gasteiger partial charge >= 0.3 is 0 Å². The number of hydrogen-bond acceptors (Lipinski definition) is 7. The highest BCUT2D eigenvalue weighted by atomic mass is 28.4. The van der Waals surface area contributed by atoms with Crippen molar-refractivity contribution in [3.8, 4) is 5.88 Å². The van der Waals surface area contributed by atoms with Crippen LogP contribution in [-0.2, 0) is 9.22 Å². The van der Waals surface area contributed by atoms with Crippen molar-refractivity contribution in [2.45, 2.75) is 83.7 Å². The van der Waals surface area contributed by atoms with Gasteiger partial charge in [-0.1, -0.05) is 47.1 Å². The first kappa shape index (κ1) is 24.9. The molecule has 0 bridgehead atoms. The molecule has 0 saturated carbocycles. The molecule has 0 unspecified atom stereocenters. The zero-order valence-corrected chi connectivity index (χ0v) is 22.0. The van der Waals surface area contributed by atoms with E-state index in [1.165, 1.54) is 6.08 Å². The van der Waals surface area contributed by atoms with Gasteiger partial charge in [0, 0.05) is 5.41 Å². The van der Waals surface area contributed by atoms with Crippen LogP contribution in [0.4, 0.5) is 0 Å². The maximum atomic E-state index is 14.3. The predicted octanol–water partition coefficient (Wildman–Crippen LogP) is 4.95. The summed E-state index contributed by atoms with van der Waals surface area (Å²) in [6, 6.07) is -0.384. The molecule has 0 saturated heterocycles. The Morgan fingerprint density at radius 2 is 1.94 bits per heavy atom. The summed E-state index contributed by atoms with van der Waals surface area (Å²) in [5, 5.41) is 3.94. The highest BCUT2D eigenvalue weighted by Gasteiger charge is 2.70. The van der Waals surface area contributed by atoms with Gasteiger partial charge in [-0.15, -0.1) is 0 Å². The number of nitrogens with zero attached hydrogens (tertiary/aromatic N) is 2. The first-order valence-electron chi connectivity index (χ1n) is 11.5. The molecule has 3 atom stereocenters. The van der Waals surface area contributed by atoms with Crippen LogP contribution in [-0.4, -0.2) is 56.2 Å². The number of carbonyl (C=O) groups is 2. The summed E-state index contributed by atoms with van der Waals surface area (Å²) in [5.41, 5.74) is -2.26. The van der Waals surface area contributed by atoms with Crippen LogP contribution in [0.15, 0.2) is 16.7 Å². The molecule has 8 heteroatoms. The summed E-state index contributed by atoms with van der Waals surface area (Å²) < 4.78 is 18.5. The van der Waals surface area contributed by atoms with E-state index in [2.05, 4.69) is 45.9 Å². The summed E-state index contributed by atoms with van der Waals surface area (Å²) in [6.45, 7) is 14.9. The lowest BCUT2D eigenvalue weighted by Gasteiger charge is -2.57. The number of aromatic nitrogens is 1. The lowest BCUT2D eigenvalue weighted by Crippen LogP contribution is -2.70. The highest BCUT2D eigenvalue weighted by molar-refractivity contribution is 6.74. The van der Waals surface area contributed by atoms with Crippen molar-refractivity contribution in [2.24, 2.45) is 5.41 Å². The SMILES string of the molecule is CCCCOc1noc2c1C(=O)[C@@]1(O[Si](C)(C)C(C)(C)C)C(=O)C=CC[C@@]1(C)[C@@H]2N(C)C. The van der Waals surface area contributed by atoms with Crippen LogP contribution in [0.2, 0.25) is 18.1 Å².